The number of nitrogens with zero attached hydrogens (tertiary/aromatic N) is 2. The number of rotatable bonds is 6. The van der Waals surface area contributed by atoms with Gasteiger partial charge in [-0.05, 0) is 36.1 Å². The average Bonchev–Trinajstić information content (AvgIpc) is 3.26. The fourth-order valence-electron chi connectivity index (χ4n) is 2.50. The van der Waals surface area contributed by atoms with Gasteiger partial charge in [-0.15, -0.1) is 11.3 Å². The Bertz CT molecular complexity index is 994. The normalized spacial score (nSPS) is 12.8. The third-order valence-electron chi connectivity index (χ3n) is 3.60. The second-order valence-electron chi connectivity index (χ2n) is 5.27. The molecule has 0 aliphatic rings. The highest BCUT2D eigenvalue weighted by Gasteiger charge is 2.26. The van der Waals surface area contributed by atoms with Crippen LogP contribution in [0, 0.1) is 0 Å². The van der Waals surface area contributed by atoms with Gasteiger partial charge < -0.3 is 5.11 Å². The summed E-state index contributed by atoms with van der Waals surface area (Å²) in [6, 6.07) is 9.77. The van der Waals surface area contributed by atoms with Crippen molar-refractivity contribution in [3.8, 4) is 5.69 Å². The molecule has 0 saturated carbocycles. The van der Waals surface area contributed by atoms with Crippen LogP contribution >= 0.6 is 11.3 Å². The Labute approximate surface area is 148 Å². The summed E-state index contributed by atoms with van der Waals surface area (Å²) in [6.07, 6.45) is 3.40. The molecule has 0 amide bonds. The molecule has 3 aromatic rings. The molecule has 9 heteroatoms. The molecule has 0 radical (unpaired) electrons. The van der Waals surface area contributed by atoms with E-state index >= 15 is 0 Å². The van der Waals surface area contributed by atoms with Crippen molar-refractivity contribution in [2.75, 3.05) is 0 Å². The van der Waals surface area contributed by atoms with Gasteiger partial charge in [-0.25, -0.2) is 22.6 Å². The van der Waals surface area contributed by atoms with Crippen molar-refractivity contribution in [1.29, 1.82) is 0 Å². The molecule has 1 aromatic carbocycles. The number of carboxylic acids is 1. The summed E-state index contributed by atoms with van der Waals surface area (Å²) in [7, 11) is -3.98. The predicted octanol–water partition coefficient (Wildman–Crippen LogP) is 2.67. The Kier molecular flexibility index (Phi) is 4.71. The quantitative estimate of drug-likeness (QED) is 0.688. The summed E-state index contributed by atoms with van der Waals surface area (Å²) in [4.78, 5) is 10.8. The maximum Gasteiger partial charge on any atom is 0.347 e. The summed E-state index contributed by atoms with van der Waals surface area (Å²) in [5.74, 6) is -1.26. The predicted molar refractivity (Wildman–Crippen MR) is 93.6 cm³/mol. The molecule has 1 atom stereocenters. The number of aromatic nitrogens is 2. The number of para-hydroxylation sites is 1. The van der Waals surface area contributed by atoms with Crippen molar-refractivity contribution in [3.63, 3.8) is 0 Å². The number of nitrogens with one attached hydrogen (secondary N) is 1. The average molecular weight is 377 g/mol. The summed E-state index contributed by atoms with van der Waals surface area (Å²) < 4.78 is 29.4. The third kappa shape index (κ3) is 3.48. The van der Waals surface area contributed by atoms with Crippen LogP contribution in [-0.2, 0) is 10.0 Å². The number of hydrogen-bond donors (Lipinski definition) is 2. The van der Waals surface area contributed by atoms with Gasteiger partial charge in [0.25, 0.3) is 0 Å². The monoisotopic (exact) mass is 377 g/mol. The first-order chi connectivity index (χ1) is 11.9. The Balaban J connectivity index is 1.94. The van der Waals surface area contributed by atoms with Gasteiger partial charge in [0.05, 0.1) is 5.69 Å². The zero-order valence-corrected chi connectivity index (χ0v) is 14.8. The van der Waals surface area contributed by atoms with Crippen LogP contribution in [0.3, 0.4) is 0 Å². The lowest BCUT2D eigenvalue weighted by molar-refractivity contribution is 0.0698. The number of sulfonamides is 1. The lowest BCUT2D eigenvalue weighted by atomic mass is 10.1. The standard InChI is InChI=1S/C16H15N3O4S2/c1-11(12-5-2-3-6-13(12)19-9-4-8-17-19)18-25(22,23)14-7-10-24-15(14)16(20)21/h2-11,18H,1H3,(H,20,21). The molecule has 0 fully saturated rings. The summed E-state index contributed by atoms with van der Waals surface area (Å²) >= 11 is 0.876. The molecule has 130 valence electrons. The minimum atomic E-state index is -3.98. The molecule has 0 bridgehead atoms. The van der Waals surface area contributed by atoms with Crippen LogP contribution in [0.25, 0.3) is 5.69 Å². The first-order valence-corrected chi connectivity index (χ1v) is 9.68. The summed E-state index contributed by atoms with van der Waals surface area (Å²) in [5, 5.41) is 14.8. The van der Waals surface area contributed by atoms with E-state index in [0.717, 1.165) is 22.6 Å². The van der Waals surface area contributed by atoms with Crippen LogP contribution in [0.5, 0.6) is 0 Å². The fourth-order valence-corrected chi connectivity index (χ4v) is 4.98. The van der Waals surface area contributed by atoms with Crippen LogP contribution < -0.4 is 4.72 Å². The Morgan fingerprint density at radius 2 is 2.04 bits per heavy atom. The van der Waals surface area contributed by atoms with E-state index in [-0.39, 0.29) is 9.77 Å². The highest BCUT2D eigenvalue weighted by Crippen LogP contribution is 2.26. The lowest BCUT2D eigenvalue weighted by Crippen LogP contribution is -2.28. The van der Waals surface area contributed by atoms with E-state index in [0.29, 0.717) is 0 Å². The van der Waals surface area contributed by atoms with Crippen LogP contribution in [0.1, 0.15) is 28.2 Å². The molecule has 25 heavy (non-hydrogen) atoms. The number of aromatic carboxylic acids is 1. The summed E-state index contributed by atoms with van der Waals surface area (Å²) in [6.45, 7) is 1.70. The molecule has 0 saturated heterocycles. The topological polar surface area (TPSA) is 101 Å². The second-order valence-corrected chi connectivity index (χ2v) is 7.87. The molecule has 3 rings (SSSR count). The number of carbonyl (C=O) groups is 1. The molecule has 2 heterocycles. The largest absolute Gasteiger partial charge is 0.477 e. The second kappa shape index (κ2) is 6.79. The highest BCUT2D eigenvalue weighted by molar-refractivity contribution is 7.89. The van der Waals surface area contributed by atoms with Crippen molar-refractivity contribution < 1.29 is 18.3 Å². The van der Waals surface area contributed by atoms with Crippen LogP contribution in [0.15, 0.2) is 59.1 Å². The van der Waals surface area contributed by atoms with Gasteiger partial charge in [0.15, 0.2) is 0 Å². The van der Waals surface area contributed by atoms with Gasteiger partial charge >= 0.3 is 5.97 Å². The zero-order valence-electron chi connectivity index (χ0n) is 13.2. The van der Waals surface area contributed by atoms with E-state index in [1.807, 2.05) is 12.1 Å². The Morgan fingerprint density at radius 3 is 2.72 bits per heavy atom. The minimum absolute atomic E-state index is 0.208. The van der Waals surface area contributed by atoms with Crippen molar-refractivity contribution in [2.24, 2.45) is 0 Å². The van der Waals surface area contributed by atoms with E-state index in [9.17, 15) is 13.2 Å². The van der Waals surface area contributed by atoms with Crippen molar-refractivity contribution in [3.05, 3.63) is 64.6 Å². The van der Waals surface area contributed by atoms with Gasteiger partial charge in [0.1, 0.15) is 9.77 Å². The number of thiophene rings is 1. The van der Waals surface area contributed by atoms with E-state index in [1.165, 1.54) is 11.4 Å². The molecule has 2 aromatic heterocycles. The van der Waals surface area contributed by atoms with E-state index in [4.69, 9.17) is 5.11 Å². The van der Waals surface area contributed by atoms with Crippen molar-refractivity contribution >= 4 is 27.3 Å². The number of carboxylic acid groups (broad SMARTS) is 1. The van der Waals surface area contributed by atoms with Crippen LogP contribution in [0.2, 0.25) is 0 Å². The van der Waals surface area contributed by atoms with Crippen LogP contribution in [0.4, 0.5) is 0 Å². The molecule has 0 aliphatic carbocycles. The molecule has 2 N–H and O–H groups in total. The van der Waals surface area contributed by atoms with Crippen molar-refractivity contribution in [1.82, 2.24) is 14.5 Å². The molecule has 0 spiro atoms. The number of benzene rings is 1. The SMILES string of the molecule is CC(NS(=O)(=O)c1ccsc1C(=O)O)c1ccccc1-n1cccn1. The van der Waals surface area contributed by atoms with E-state index in [1.54, 1.807) is 42.2 Å². The molecule has 7 nitrogen and oxygen atoms in total. The van der Waals surface area contributed by atoms with Crippen LogP contribution in [-0.4, -0.2) is 29.3 Å². The Morgan fingerprint density at radius 1 is 1.28 bits per heavy atom. The first-order valence-electron chi connectivity index (χ1n) is 7.32. The number of hydrogen-bond acceptors (Lipinski definition) is 5. The first kappa shape index (κ1) is 17.3. The molecular formula is C16H15N3O4S2. The van der Waals surface area contributed by atoms with Crippen molar-refractivity contribution in [2.45, 2.75) is 17.9 Å². The molecule has 0 aliphatic heterocycles. The molecular weight excluding hydrogens is 362 g/mol. The zero-order chi connectivity index (χ0) is 18.0. The van der Waals surface area contributed by atoms with Gasteiger partial charge in [0, 0.05) is 18.4 Å². The Hall–Kier alpha value is -2.49. The maximum absolute atomic E-state index is 12.6. The maximum atomic E-state index is 12.6. The highest BCUT2D eigenvalue weighted by atomic mass is 32.2. The summed E-state index contributed by atoms with van der Waals surface area (Å²) in [5.41, 5.74) is 1.47. The van der Waals surface area contributed by atoms with Gasteiger partial charge in [-0.1, -0.05) is 18.2 Å². The molecule has 1 unspecified atom stereocenters. The van der Waals surface area contributed by atoms with E-state index in [2.05, 4.69) is 9.82 Å². The third-order valence-corrected chi connectivity index (χ3v) is 6.21. The lowest BCUT2D eigenvalue weighted by Gasteiger charge is -2.18. The van der Waals surface area contributed by atoms with Gasteiger partial charge in [-0.2, -0.15) is 5.10 Å². The van der Waals surface area contributed by atoms with Gasteiger partial charge in [-0.3, -0.25) is 0 Å². The minimum Gasteiger partial charge on any atom is -0.477 e. The smallest absolute Gasteiger partial charge is 0.347 e. The van der Waals surface area contributed by atoms with E-state index < -0.39 is 22.0 Å². The van der Waals surface area contributed by atoms with Gasteiger partial charge in [0.2, 0.25) is 10.0 Å². The fraction of sp³-hybridized carbons (Fsp3) is 0.125.